The van der Waals surface area contributed by atoms with Crippen LogP contribution in [0.15, 0.2) is 100 Å². The molecule has 3 nitrogen and oxygen atoms in total. The summed E-state index contributed by atoms with van der Waals surface area (Å²) >= 11 is 0. The Bertz CT molecular complexity index is 1350. The molecule has 0 spiro atoms. The zero-order chi connectivity index (χ0) is 19.8. The van der Waals surface area contributed by atoms with Crippen LogP contribution >= 0.6 is 0 Å². The van der Waals surface area contributed by atoms with Crippen molar-refractivity contribution in [3.8, 4) is 39.3 Å². The first-order chi connectivity index (χ1) is 14.3. The Morgan fingerprint density at radius 1 is 0.724 bits per heavy atom. The number of ether oxygens (including phenoxy) is 1. The van der Waals surface area contributed by atoms with Crippen LogP contribution in [0.25, 0.3) is 44.3 Å². The van der Waals surface area contributed by atoms with Crippen molar-refractivity contribution in [3.63, 3.8) is 0 Å². The van der Waals surface area contributed by atoms with Crippen LogP contribution in [0.2, 0.25) is 0 Å². The molecule has 29 heavy (non-hydrogen) atoms. The minimum Gasteiger partial charge on any atom is -0.497 e. The molecule has 0 bridgehead atoms. The molecule has 2 aliphatic rings. The fraction of sp³-hybridized carbons (Fsp3) is 0.0385. The summed E-state index contributed by atoms with van der Waals surface area (Å²) in [4.78, 5) is 13.1. The van der Waals surface area contributed by atoms with E-state index in [4.69, 9.17) is 9.15 Å². The molecule has 3 heteroatoms. The largest absolute Gasteiger partial charge is 0.497 e. The van der Waals surface area contributed by atoms with E-state index < -0.39 is 0 Å². The van der Waals surface area contributed by atoms with Gasteiger partial charge in [0.25, 0.3) is 0 Å². The van der Waals surface area contributed by atoms with Crippen LogP contribution in [-0.4, -0.2) is 7.11 Å². The molecule has 0 atom stereocenters. The third-order valence-corrected chi connectivity index (χ3v) is 5.20. The number of rotatable bonds is 3. The van der Waals surface area contributed by atoms with Gasteiger partial charge in [-0.2, -0.15) is 0 Å². The first-order valence-electron chi connectivity index (χ1n) is 9.44. The third-order valence-electron chi connectivity index (χ3n) is 5.20. The maximum Gasteiger partial charge on any atom is 0.344 e. The van der Waals surface area contributed by atoms with Crippen molar-refractivity contribution in [2.24, 2.45) is 0 Å². The van der Waals surface area contributed by atoms with Crippen LogP contribution in [0.4, 0.5) is 0 Å². The van der Waals surface area contributed by atoms with Crippen molar-refractivity contribution in [2.75, 3.05) is 7.11 Å². The molecule has 2 aliphatic carbocycles. The summed E-state index contributed by atoms with van der Waals surface area (Å²) in [5, 5.41) is 1.49. The molecule has 140 valence electrons. The number of hydrogen-bond acceptors (Lipinski definition) is 3. The van der Waals surface area contributed by atoms with Gasteiger partial charge in [-0.25, -0.2) is 4.79 Å². The predicted octanol–water partition coefficient (Wildman–Crippen LogP) is 6.24. The summed E-state index contributed by atoms with van der Waals surface area (Å²) in [7, 11) is 1.65. The number of hydrogen-bond donors (Lipinski definition) is 0. The second-order valence-electron chi connectivity index (χ2n) is 6.90. The molecule has 0 N–H and O–H groups in total. The fourth-order valence-electron chi connectivity index (χ4n) is 3.88. The Labute approximate surface area is 168 Å². The van der Waals surface area contributed by atoms with E-state index in [1.54, 1.807) is 7.11 Å². The predicted molar refractivity (Wildman–Crippen MR) is 117 cm³/mol. The van der Waals surface area contributed by atoms with Crippen LogP contribution in [0.1, 0.15) is 0 Å². The van der Waals surface area contributed by atoms with Gasteiger partial charge in [-0.05, 0) is 34.9 Å². The molecule has 2 aromatic carbocycles. The zero-order valence-corrected chi connectivity index (χ0v) is 15.9. The quantitative estimate of drug-likeness (QED) is 0.373. The van der Waals surface area contributed by atoms with Crippen molar-refractivity contribution in [1.82, 2.24) is 0 Å². The van der Waals surface area contributed by atoms with Crippen LogP contribution in [0.5, 0.6) is 5.75 Å². The lowest BCUT2D eigenvalue weighted by Crippen LogP contribution is -2.02. The Kier molecular flexibility index (Phi) is 4.14. The van der Waals surface area contributed by atoms with E-state index in [-0.39, 0.29) is 5.63 Å². The SMILES string of the molecule is COc1cccc(-c2c(-c3ccccc3)oc(=O)c3c4cccccc-4cc23)c1. The molecular formula is C26H18O3. The van der Waals surface area contributed by atoms with E-state index in [1.807, 2.05) is 84.9 Å². The highest BCUT2D eigenvalue weighted by molar-refractivity contribution is 6.11. The molecule has 0 saturated heterocycles. The van der Waals surface area contributed by atoms with Gasteiger partial charge in [-0.3, -0.25) is 0 Å². The van der Waals surface area contributed by atoms with Gasteiger partial charge in [0.05, 0.1) is 12.5 Å². The summed E-state index contributed by atoms with van der Waals surface area (Å²) in [6.45, 7) is 0. The van der Waals surface area contributed by atoms with Gasteiger partial charge in [-0.15, -0.1) is 0 Å². The molecule has 1 aromatic heterocycles. The minimum atomic E-state index is -0.327. The lowest BCUT2D eigenvalue weighted by Gasteiger charge is -2.11. The number of fused-ring (bicyclic) bond motifs is 3. The van der Waals surface area contributed by atoms with Crippen molar-refractivity contribution >= 4 is 10.8 Å². The molecule has 0 radical (unpaired) electrons. The third kappa shape index (κ3) is 2.88. The van der Waals surface area contributed by atoms with Gasteiger partial charge < -0.3 is 9.15 Å². The van der Waals surface area contributed by atoms with Crippen LogP contribution < -0.4 is 10.4 Å². The smallest absolute Gasteiger partial charge is 0.344 e. The van der Waals surface area contributed by atoms with Gasteiger partial charge >= 0.3 is 5.63 Å². The molecule has 5 rings (SSSR count). The second-order valence-corrected chi connectivity index (χ2v) is 6.90. The normalized spacial score (nSPS) is 11.1. The lowest BCUT2D eigenvalue weighted by molar-refractivity contribution is 0.415. The maximum atomic E-state index is 13.1. The van der Waals surface area contributed by atoms with E-state index in [0.717, 1.165) is 39.0 Å². The van der Waals surface area contributed by atoms with Crippen molar-refractivity contribution in [3.05, 3.63) is 101 Å². The summed E-state index contributed by atoms with van der Waals surface area (Å²) in [6.07, 6.45) is 0. The molecular weight excluding hydrogens is 360 g/mol. The van der Waals surface area contributed by atoms with E-state index in [9.17, 15) is 4.79 Å². The first kappa shape index (κ1) is 17.3. The number of benzene rings is 2. The Hall–Kier alpha value is -3.85. The van der Waals surface area contributed by atoms with Crippen LogP contribution in [0.3, 0.4) is 0 Å². The highest BCUT2D eigenvalue weighted by Crippen LogP contribution is 2.42. The second kappa shape index (κ2) is 6.95. The molecule has 0 unspecified atom stereocenters. The Balaban J connectivity index is 1.96. The van der Waals surface area contributed by atoms with Crippen molar-refractivity contribution in [1.29, 1.82) is 0 Å². The van der Waals surface area contributed by atoms with Gasteiger partial charge in [0, 0.05) is 16.5 Å². The Morgan fingerprint density at radius 3 is 2.17 bits per heavy atom. The average molecular weight is 378 g/mol. The summed E-state index contributed by atoms with van der Waals surface area (Å²) in [5.74, 6) is 1.32. The van der Waals surface area contributed by atoms with Gasteiger partial charge in [0.1, 0.15) is 11.5 Å². The molecule has 1 heterocycles. The molecule has 0 aliphatic heterocycles. The van der Waals surface area contributed by atoms with Crippen LogP contribution in [0, 0.1) is 0 Å². The zero-order valence-electron chi connectivity index (χ0n) is 15.9. The van der Waals surface area contributed by atoms with E-state index in [0.29, 0.717) is 11.1 Å². The lowest BCUT2D eigenvalue weighted by atomic mass is 9.97. The average Bonchev–Trinajstić information content (AvgIpc) is 2.97. The minimum absolute atomic E-state index is 0.327. The highest BCUT2D eigenvalue weighted by Gasteiger charge is 2.22. The van der Waals surface area contributed by atoms with Crippen molar-refractivity contribution < 1.29 is 9.15 Å². The topological polar surface area (TPSA) is 39.4 Å². The fourth-order valence-corrected chi connectivity index (χ4v) is 3.88. The Morgan fingerprint density at radius 2 is 1.41 bits per heavy atom. The molecule has 3 aromatic rings. The first-order valence-corrected chi connectivity index (χ1v) is 9.44. The van der Waals surface area contributed by atoms with Crippen LogP contribution in [-0.2, 0) is 0 Å². The van der Waals surface area contributed by atoms with Gasteiger partial charge in [0.2, 0.25) is 0 Å². The summed E-state index contributed by atoms with van der Waals surface area (Å²) in [6, 6.07) is 29.5. The van der Waals surface area contributed by atoms with E-state index >= 15 is 0 Å². The summed E-state index contributed by atoms with van der Waals surface area (Å²) in [5.41, 5.74) is 4.26. The molecule has 0 saturated carbocycles. The van der Waals surface area contributed by atoms with Crippen molar-refractivity contribution in [2.45, 2.75) is 0 Å². The standard InChI is InChI=1S/C26H18O3/c1-28-20-13-8-12-19(15-20)23-22-16-18-11-6-3-7-14-21(18)24(22)26(27)29-25(23)17-9-4-2-5-10-17/h2-16H,1H3. The maximum absolute atomic E-state index is 13.1. The monoisotopic (exact) mass is 378 g/mol. The van der Waals surface area contributed by atoms with Gasteiger partial charge in [-0.1, -0.05) is 72.8 Å². The summed E-state index contributed by atoms with van der Waals surface area (Å²) < 4.78 is 11.4. The number of methoxy groups -OCH3 is 1. The van der Waals surface area contributed by atoms with E-state index in [1.165, 1.54) is 0 Å². The highest BCUT2D eigenvalue weighted by atomic mass is 16.5. The van der Waals surface area contributed by atoms with E-state index in [2.05, 4.69) is 6.07 Å². The van der Waals surface area contributed by atoms with Gasteiger partial charge in [0.15, 0.2) is 0 Å². The molecule has 0 amide bonds. The molecule has 0 fully saturated rings.